The van der Waals surface area contributed by atoms with Crippen LogP contribution in [0.25, 0.3) is 5.70 Å². The summed E-state index contributed by atoms with van der Waals surface area (Å²) < 4.78 is 5.58. The Balaban J connectivity index is 1.19. The summed E-state index contributed by atoms with van der Waals surface area (Å²) in [5.41, 5.74) is 5.15. The fraction of sp³-hybridized carbons (Fsp3) is 0.229. The normalized spacial score (nSPS) is 20.8. The molecule has 2 amide bonds. The molecule has 43 heavy (non-hydrogen) atoms. The molecule has 0 fully saturated rings. The number of rotatable bonds is 4. The van der Waals surface area contributed by atoms with Crippen LogP contribution >= 0.6 is 0 Å². The second kappa shape index (κ2) is 9.46. The van der Waals surface area contributed by atoms with Gasteiger partial charge in [-0.1, -0.05) is 62.4 Å². The fourth-order valence-corrected chi connectivity index (χ4v) is 6.72. The summed E-state index contributed by atoms with van der Waals surface area (Å²) in [5.74, 6) is -2.31. The van der Waals surface area contributed by atoms with E-state index < -0.39 is 29.7 Å². The van der Waals surface area contributed by atoms with Gasteiger partial charge >= 0.3 is 5.97 Å². The lowest BCUT2D eigenvalue weighted by molar-refractivity contribution is -0.138. The highest BCUT2D eigenvalue weighted by Gasteiger charge is 2.46. The highest BCUT2D eigenvalue weighted by atomic mass is 16.5. The molecule has 8 nitrogen and oxygen atoms in total. The van der Waals surface area contributed by atoms with Gasteiger partial charge in [0.05, 0.1) is 16.8 Å². The molecule has 1 N–H and O–H groups in total. The predicted octanol–water partition coefficient (Wildman–Crippen LogP) is 5.21. The number of hydrogen-bond acceptors (Lipinski definition) is 7. The van der Waals surface area contributed by atoms with Gasteiger partial charge in [0.15, 0.2) is 11.6 Å². The van der Waals surface area contributed by atoms with Gasteiger partial charge in [-0.05, 0) is 48.6 Å². The molecule has 3 aromatic carbocycles. The van der Waals surface area contributed by atoms with Crippen molar-refractivity contribution in [1.29, 1.82) is 0 Å². The molecule has 8 heteroatoms. The number of dihydropyridines is 1. The molecular formula is C35H28N2O6. The number of allylic oxidation sites excluding steroid dienone is 3. The van der Waals surface area contributed by atoms with E-state index in [4.69, 9.17) is 4.74 Å². The third kappa shape index (κ3) is 4.08. The molecule has 0 spiro atoms. The summed E-state index contributed by atoms with van der Waals surface area (Å²) in [7, 11) is 0. The van der Waals surface area contributed by atoms with Crippen LogP contribution < -0.4 is 10.1 Å². The highest BCUT2D eigenvalue weighted by molar-refractivity contribution is 6.24. The lowest BCUT2D eigenvalue weighted by atomic mass is 9.68. The molecule has 0 radical (unpaired) electrons. The quantitative estimate of drug-likeness (QED) is 0.260. The Kier molecular flexibility index (Phi) is 5.89. The molecule has 2 atom stereocenters. The maximum Gasteiger partial charge on any atom is 0.334 e. The molecule has 0 unspecified atom stereocenters. The van der Waals surface area contributed by atoms with Gasteiger partial charge in [0.2, 0.25) is 0 Å². The zero-order valence-electron chi connectivity index (χ0n) is 23.9. The van der Waals surface area contributed by atoms with Crippen LogP contribution in [0.3, 0.4) is 0 Å². The minimum absolute atomic E-state index is 0.00401. The Morgan fingerprint density at radius 1 is 0.814 bits per heavy atom. The number of amides is 2. The smallest absolute Gasteiger partial charge is 0.334 e. The minimum Gasteiger partial charge on any atom is -0.425 e. The largest absolute Gasteiger partial charge is 0.425 e. The number of ether oxygens (including phenoxy) is 1. The Hall–Kier alpha value is -5.11. The summed E-state index contributed by atoms with van der Waals surface area (Å²) in [6, 6.07) is 19.5. The topological polar surface area (TPSA) is 110 Å². The van der Waals surface area contributed by atoms with Crippen molar-refractivity contribution in [2.75, 3.05) is 0 Å². The first kappa shape index (κ1) is 26.8. The number of nitrogens with one attached hydrogen (secondary N) is 1. The van der Waals surface area contributed by atoms with E-state index >= 15 is 0 Å². The summed E-state index contributed by atoms with van der Waals surface area (Å²) in [6.45, 7) is 5.58. The number of esters is 1. The van der Waals surface area contributed by atoms with Gasteiger partial charge in [0.1, 0.15) is 11.8 Å². The number of carbonyl (C=O) groups excluding carboxylic acids is 5. The average molecular weight is 573 g/mol. The standard InChI is InChI=1S/C35H28N2O6/c1-18(37-32(40)23-10-6-7-11-24(23)33(37)41)34(42)43-20-14-12-19(13-15-20)27-28-25(16-35(2,3)17-26(28)38)36-30-21-8-4-5-9-22(21)31(39)29(27)30/h4-15,18,27,36H,16-17H2,1-3H3/t18-,27-/m1/s1. The number of ketones is 2. The van der Waals surface area contributed by atoms with Gasteiger partial charge in [-0.25, -0.2) is 4.79 Å². The van der Waals surface area contributed by atoms with Crippen molar-refractivity contribution in [3.8, 4) is 5.75 Å². The Bertz CT molecular complexity index is 1830. The molecule has 7 rings (SSSR count). The lowest BCUT2D eigenvalue weighted by Gasteiger charge is -2.39. The van der Waals surface area contributed by atoms with Crippen LogP contribution in [0.5, 0.6) is 5.75 Å². The number of Topliss-reactive ketones (excluding diaryl/α,β-unsaturated/α-hetero) is 2. The van der Waals surface area contributed by atoms with Gasteiger partial charge in [-0.3, -0.25) is 24.1 Å². The van der Waals surface area contributed by atoms with E-state index in [1.165, 1.54) is 6.92 Å². The van der Waals surface area contributed by atoms with Crippen molar-refractivity contribution < 1.29 is 28.7 Å². The van der Waals surface area contributed by atoms with Crippen LogP contribution in [-0.2, 0) is 9.59 Å². The molecular weight excluding hydrogens is 544 g/mol. The molecule has 2 heterocycles. The van der Waals surface area contributed by atoms with E-state index in [9.17, 15) is 24.0 Å². The van der Waals surface area contributed by atoms with Crippen LogP contribution in [0.15, 0.2) is 89.6 Å². The molecule has 0 bridgehead atoms. The third-order valence-corrected chi connectivity index (χ3v) is 8.71. The molecule has 4 aliphatic rings. The highest BCUT2D eigenvalue weighted by Crippen LogP contribution is 2.51. The minimum atomic E-state index is -1.14. The van der Waals surface area contributed by atoms with E-state index in [0.717, 1.165) is 27.4 Å². The lowest BCUT2D eigenvalue weighted by Crippen LogP contribution is -2.44. The molecule has 0 aromatic heterocycles. The first-order valence-corrected chi connectivity index (χ1v) is 14.3. The van der Waals surface area contributed by atoms with E-state index in [2.05, 4.69) is 19.2 Å². The van der Waals surface area contributed by atoms with Gasteiger partial charge < -0.3 is 10.1 Å². The maximum absolute atomic E-state index is 13.7. The Morgan fingerprint density at radius 2 is 1.40 bits per heavy atom. The van der Waals surface area contributed by atoms with Gasteiger partial charge in [0, 0.05) is 40.3 Å². The van der Waals surface area contributed by atoms with E-state index in [1.54, 1.807) is 54.6 Å². The monoisotopic (exact) mass is 572 g/mol. The van der Waals surface area contributed by atoms with Gasteiger partial charge in [-0.2, -0.15) is 0 Å². The second-order valence-electron chi connectivity index (χ2n) is 12.2. The van der Waals surface area contributed by atoms with Crippen molar-refractivity contribution in [3.05, 3.63) is 117 Å². The van der Waals surface area contributed by atoms with Crippen LogP contribution in [0.2, 0.25) is 0 Å². The third-order valence-electron chi connectivity index (χ3n) is 8.71. The first-order valence-electron chi connectivity index (χ1n) is 14.3. The van der Waals surface area contributed by atoms with E-state index in [0.29, 0.717) is 29.6 Å². The zero-order valence-corrected chi connectivity index (χ0v) is 23.9. The van der Waals surface area contributed by atoms with Gasteiger partial charge in [0.25, 0.3) is 11.8 Å². The number of benzene rings is 3. The molecule has 2 aliphatic heterocycles. The summed E-state index contributed by atoms with van der Waals surface area (Å²) in [4.78, 5) is 66.9. The number of hydrogen-bond donors (Lipinski definition) is 1. The van der Waals surface area contributed by atoms with E-state index in [-0.39, 0.29) is 33.9 Å². The summed E-state index contributed by atoms with van der Waals surface area (Å²) in [6.07, 6.45) is 1.04. The van der Waals surface area contributed by atoms with E-state index in [1.807, 2.05) is 18.2 Å². The fourth-order valence-electron chi connectivity index (χ4n) is 6.72. The Labute approximate surface area is 248 Å². The van der Waals surface area contributed by atoms with Crippen LogP contribution in [0.4, 0.5) is 0 Å². The van der Waals surface area contributed by atoms with Gasteiger partial charge in [-0.15, -0.1) is 0 Å². The second-order valence-corrected chi connectivity index (χ2v) is 12.2. The predicted molar refractivity (Wildman–Crippen MR) is 157 cm³/mol. The van der Waals surface area contributed by atoms with Crippen LogP contribution in [-0.4, -0.2) is 40.3 Å². The number of fused-ring (bicyclic) bond motifs is 3. The van der Waals surface area contributed by atoms with Crippen molar-refractivity contribution in [3.63, 3.8) is 0 Å². The van der Waals surface area contributed by atoms with Crippen LogP contribution in [0, 0.1) is 5.41 Å². The maximum atomic E-state index is 13.7. The first-order chi connectivity index (χ1) is 20.6. The Morgan fingerprint density at radius 3 is 2.02 bits per heavy atom. The number of imide groups is 1. The average Bonchev–Trinajstić information content (AvgIpc) is 3.41. The zero-order chi connectivity index (χ0) is 30.2. The van der Waals surface area contributed by atoms with Crippen molar-refractivity contribution in [2.24, 2.45) is 5.41 Å². The van der Waals surface area contributed by atoms with Crippen LogP contribution in [0.1, 0.15) is 81.7 Å². The summed E-state index contributed by atoms with van der Waals surface area (Å²) >= 11 is 0. The molecule has 0 saturated carbocycles. The van der Waals surface area contributed by atoms with Crippen molar-refractivity contribution in [1.82, 2.24) is 10.2 Å². The summed E-state index contributed by atoms with van der Waals surface area (Å²) in [5, 5.41) is 3.47. The number of carbonyl (C=O) groups is 5. The van der Waals surface area contributed by atoms with Crippen molar-refractivity contribution >= 4 is 35.0 Å². The number of nitrogens with zero attached hydrogens (tertiary/aromatic N) is 1. The van der Waals surface area contributed by atoms with Crippen molar-refractivity contribution in [2.45, 2.75) is 45.6 Å². The molecule has 2 aliphatic carbocycles. The molecule has 3 aromatic rings. The molecule has 214 valence electrons. The SMILES string of the molecule is C[C@H](C(=O)Oc1ccc([C@@H]2C3=C(CC(C)(C)CC3=O)NC3=C2C(=O)c2ccccc23)cc1)N1C(=O)c2ccccc2C1=O. The molecule has 0 saturated heterocycles.